The summed E-state index contributed by atoms with van der Waals surface area (Å²) in [5.74, 6) is -1.79. The molecular formula is C25H22N3NaO5S2. The molecule has 2 amide bonds. The number of hydrogen-bond acceptors (Lipinski definition) is 7. The Morgan fingerprint density at radius 1 is 1.08 bits per heavy atom. The molecule has 36 heavy (non-hydrogen) atoms. The monoisotopic (exact) mass is 531 g/mol. The molecule has 180 valence electrons. The van der Waals surface area contributed by atoms with Crippen molar-refractivity contribution in [2.45, 2.75) is 38.0 Å². The van der Waals surface area contributed by atoms with Crippen LogP contribution < -0.4 is 44.7 Å². The van der Waals surface area contributed by atoms with E-state index in [1.165, 1.54) is 27.8 Å². The van der Waals surface area contributed by atoms with Gasteiger partial charge in [-0.25, -0.2) is 0 Å². The zero-order valence-corrected chi connectivity index (χ0v) is 23.3. The Labute approximate surface area is 240 Å². The van der Waals surface area contributed by atoms with Gasteiger partial charge in [0.2, 0.25) is 0 Å². The zero-order chi connectivity index (χ0) is 24.5. The van der Waals surface area contributed by atoms with Crippen LogP contribution in [-0.2, 0) is 27.5 Å². The average molecular weight is 532 g/mol. The molecule has 2 aromatic rings. The number of hydrogen-bond donors (Lipinski definition) is 1. The van der Waals surface area contributed by atoms with Crippen molar-refractivity contribution < 1.29 is 53.8 Å². The minimum absolute atomic E-state index is 0. The van der Waals surface area contributed by atoms with Crippen LogP contribution in [0.25, 0.3) is 0 Å². The van der Waals surface area contributed by atoms with Gasteiger partial charge in [0.15, 0.2) is 6.61 Å². The number of thioether (sulfide) groups is 1. The molecule has 3 aliphatic rings. The van der Waals surface area contributed by atoms with Gasteiger partial charge in [0.1, 0.15) is 16.1 Å². The molecule has 2 aromatic carbocycles. The zero-order valence-electron chi connectivity index (χ0n) is 19.6. The molecule has 0 radical (unpaired) electrons. The van der Waals surface area contributed by atoms with E-state index in [2.05, 4.69) is 17.4 Å². The summed E-state index contributed by atoms with van der Waals surface area (Å²) in [5.41, 5.74) is 2.24. The van der Waals surface area contributed by atoms with Crippen molar-refractivity contribution in [1.82, 2.24) is 15.1 Å². The number of nitrogens with zero attached hydrogens (tertiary/aromatic N) is 2. The largest absolute Gasteiger partial charge is 1.00 e. The number of carboxylic acids is 1. The second-order valence-electron chi connectivity index (χ2n) is 8.51. The fraction of sp³-hybridized carbons (Fsp3) is 0.280. The molecule has 0 aliphatic carbocycles. The second-order valence-corrected chi connectivity index (χ2v) is 10.2. The summed E-state index contributed by atoms with van der Waals surface area (Å²) in [4.78, 5) is 41.0. The molecule has 1 N–H and O–H groups in total. The Morgan fingerprint density at radius 2 is 1.72 bits per heavy atom. The number of allylic oxidation sites excluding steroid dienone is 1. The molecule has 2 atom stereocenters. The van der Waals surface area contributed by atoms with Crippen molar-refractivity contribution in [2.75, 3.05) is 6.61 Å². The molecule has 5 rings (SSSR count). The second kappa shape index (κ2) is 11.4. The van der Waals surface area contributed by atoms with Crippen LogP contribution in [0.5, 0.6) is 5.75 Å². The van der Waals surface area contributed by atoms with E-state index in [4.69, 9.17) is 17.0 Å². The number of benzene rings is 2. The Bertz CT molecular complexity index is 1210. The normalized spacial score (nSPS) is 20.1. The predicted octanol–water partition coefficient (Wildman–Crippen LogP) is -1.45. The summed E-state index contributed by atoms with van der Waals surface area (Å²) < 4.78 is 5.99. The van der Waals surface area contributed by atoms with Gasteiger partial charge in [-0.2, -0.15) is 0 Å². The van der Waals surface area contributed by atoms with Crippen LogP contribution >= 0.6 is 24.0 Å². The SMILES string of the molecule is O=C(COc1ccccc1)N[C@@H]1C(=O)N2C(C(=O)[O-])=C(SC(=S)N3Cc4ccccc4C3)CC[C@H]12.[Na+]. The number of nitrogens with one attached hydrogen (secondary N) is 1. The van der Waals surface area contributed by atoms with Crippen LogP contribution in [-0.4, -0.2) is 50.6 Å². The van der Waals surface area contributed by atoms with E-state index in [0.29, 0.717) is 40.9 Å². The fourth-order valence-electron chi connectivity index (χ4n) is 4.63. The molecule has 1 fully saturated rings. The average Bonchev–Trinajstić information content (AvgIpc) is 3.31. The molecule has 0 unspecified atom stereocenters. The molecule has 11 heteroatoms. The molecule has 0 saturated carbocycles. The first-order valence-electron chi connectivity index (χ1n) is 11.2. The van der Waals surface area contributed by atoms with E-state index in [0.717, 1.165) is 0 Å². The van der Waals surface area contributed by atoms with Gasteiger partial charge >= 0.3 is 29.6 Å². The summed E-state index contributed by atoms with van der Waals surface area (Å²) in [6, 6.07) is 15.7. The van der Waals surface area contributed by atoms with E-state index in [1.807, 2.05) is 23.1 Å². The third kappa shape index (κ3) is 5.33. The minimum Gasteiger partial charge on any atom is -0.543 e. The summed E-state index contributed by atoms with van der Waals surface area (Å²) in [6.45, 7) is 1.10. The molecule has 0 bridgehead atoms. The van der Waals surface area contributed by atoms with Crippen molar-refractivity contribution in [1.29, 1.82) is 0 Å². The third-order valence-corrected chi connectivity index (χ3v) is 7.91. The quantitative estimate of drug-likeness (QED) is 0.275. The van der Waals surface area contributed by atoms with Crippen molar-refractivity contribution >= 4 is 46.1 Å². The van der Waals surface area contributed by atoms with Crippen LogP contribution in [0.3, 0.4) is 0 Å². The Hall–Kier alpha value is -2.37. The van der Waals surface area contributed by atoms with E-state index in [-0.39, 0.29) is 41.9 Å². The van der Waals surface area contributed by atoms with Gasteiger partial charge in [0, 0.05) is 18.0 Å². The van der Waals surface area contributed by atoms with Gasteiger partial charge in [0.05, 0.1) is 17.7 Å². The molecule has 0 spiro atoms. The number of ether oxygens (including phenoxy) is 1. The van der Waals surface area contributed by atoms with Crippen LogP contribution in [0.15, 0.2) is 65.2 Å². The number of carbonyl (C=O) groups is 3. The van der Waals surface area contributed by atoms with Crippen LogP contribution in [0, 0.1) is 0 Å². The van der Waals surface area contributed by atoms with Crippen LogP contribution in [0.2, 0.25) is 0 Å². The minimum atomic E-state index is -1.42. The maximum absolute atomic E-state index is 12.8. The fourth-order valence-corrected chi connectivity index (χ4v) is 6.03. The summed E-state index contributed by atoms with van der Waals surface area (Å²) in [5, 5.41) is 14.7. The maximum Gasteiger partial charge on any atom is 1.00 e. The Balaban J connectivity index is 0.00000304. The van der Waals surface area contributed by atoms with Crippen molar-refractivity contribution in [3.63, 3.8) is 0 Å². The smallest absolute Gasteiger partial charge is 0.543 e. The number of aliphatic carboxylic acids is 1. The first kappa shape index (κ1) is 26.7. The first-order valence-corrected chi connectivity index (χ1v) is 12.4. The van der Waals surface area contributed by atoms with Gasteiger partial charge in [-0.1, -0.05) is 66.4 Å². The van der Waals surface area contributed by atoms with E-state index in [1.54, 1.807) is 24.3 Å². The number of amides is 2. The Morgan fingerprint density at radius 3 is 2.36 bits per heavy atom. The summed E-state index contributed by atoms with van der Waals surface area (Å²) in [7, 11) is 0. The van der Waals surface area contributed by atoms with Crippen molar-refractivity contribution in [3.8, 4) is 5.75 Å². The van der Waals surface area contributed by atoms with Crippen molar-refractivity contribution in [3.05, 3.63) is 76.3 Å². The number of para-hydroxylation sites is 1. The molecule has 0 aromatic heterocycles. The standard InChI is InChI=1S/C25H23N3O5S2.Na/c29-20(14-33-17-8-2-1-3-9-17)26-21-18-10-11-19(22(24(31)32)28(18)23(21)30)35-25(34)27-12-15-6-4-5-7-16(15)13-27;/h1-9,18,21H,10-14H2,(H,26,29)(H,31,32);/q;+1/p-1/t18-,21+;/m1./s1. The van der Waals surface area contributed by atoms with E-state index >= 15 is 0 Å². The van der Waals surface area contributed by atoms with Crippen molar-refractivity contribution in [2.24, 2.45) is 0 Å². The van der Waals surface area contributed by atoms with Gasteiger partial charge in [0.25, 0.3) is 11.8 Å². The number of carbonyl (C=O) groups excluding carboxylic acids is 3. The van der Waals surface area contributed by atoms with Gasteiger partial charge in [-0.3, -0.25) is 9.59 Å². The van der Waals surface area contributed by atoms with E-state index in [9.17, 15) is 19.5 Å². The molecule has 3 aliphatic heterocycles. The number of fused-ring (bicyclic) bond motifs is 2. The maximum atomic E-state index is 12.8. The first-order chi connectivity index (χ1) is 16.9. The number of carboxylic acid groups (broad SMARTS) is 1. The molecule has 1 saturated heterocycles. The van der Waals surface area contributed by atoms with Gasteiger partial charge < -0.3 is 29.8 Å². The van der Waals surface area contributed by atoms with Crippen LogP contribution in [0.1, 0.15) is 24.0 Å². The molecular weight excluding hydrogens is 509 g/mol. The predicted molar refractivity (Wildman–Crippen MR) is 132 cm³/mol. The Kier molecular flexibility index (Phi) is 8.41. The topological polar surface area (TPSA) is 102 Å². The molecule has 8 nitrogen and oxygen atoms in total. The number of rotatable bonds is 6. The van der Waals surface area contributed by atoms with E-state index < -0.39 is 29.9 Å². The van der Waals surface area contributed by atoms with Gasteiger partial charge in [-0.05, 0) is 36.1 Å². The summed E-state index contributed by atoms with van der Waals surface area (Å²) in [6.07, 6.45) is 0.939. The number of thiocarbonyl (C=S) groups is 1. The van der Waals surface area contributed by atoms with Gasteiger partial charge in [-0.15, -0.1) is 0 Å². The third-order valence-electron chi connectivity index (χ3n) is 6.32. The summed E-state index contributed by atoms with van der Waals surface area (Å²) >= 11 is 6.82. The molecule has 3 heterocycles. The number of β-lactam (4-membered cyclic amide) rings is 1. The van der Waals surface area contributed by atoms with Crippen LogP contribution in [0.4, 0.5) is 0 Å².